The minimum absolute atomic E-state index is 0.189. The lowest BCUT2D eigenvalue weighted by Crippen LogP contribution is -2.09. The number of nitrogens with zero attached hydrogens (tertiary/aromatic N) is 1. The summed E-state index contributed by atoms with van der Waals surface area (Å²) < 4.78 is 0. The van der Waals surface area contributed by atoms with Crippen molar-refractivity contribution in [2.75, 3.05) is 0 Å². The molecule has 0 saturated heterocycles. The highest BCUT2D eigenvalue weighted by molar-refractivity contribution is 5.89. The lowest BCUT2D eigenvalue weighted by Gasteiger charge is -1.89. The van der Waals surface area contributed by atoms with Crippen molar-refractivity contribution in [3.8, 4) is 0 Å². The largest absolute Gasteiger partial charge is 0.369 e. The number of carbonyl (C=O) groups excluding carboxylic acids is 1. The average Bonchev–Trinajstić information content (AvgIpc) is 2.05. The molecule has 1 amide bonds. The van der Waals surface area contributed by atoms with E-state index in [2.05, 4.69) is 4.99 Å². The van der Waals surface area contributed by atoms with Gasteiger partial charge in [-0.25, -0.2) is 0 Å². The van der Waals surface area contributed by atoms with Crippen LogP contribution in [-0.2, 0) is 4.79 Å². The number of hydrogen-bond donors (Lipinski definition) is 1. The van der Waals surface area contributed by atoms with Crippen molar-refractivity contribution in [1.82, 2.24) is 0 Å². The molecule has 0 atom stereocenters. The summed E-state index contributed by atoms with van der Waals surface area (Å²) in [5.41, 5.74) is 5.76. The highest BCUT2D eigenvalue weighted by atomic mass is 16.1. The number of primary amides is 1. The summed E-state index contributed by atoms with van der Waals surface area (Å²) in [6.45, 7) is 0. The van der Waals surface area contributed by atoms with Crippen molar-refractivity contribution >= 4 is 17.8 Å². The van der Waals surface area contributed by atoms with Crippen molar-refractivity contribution in [3.63, 3.8) is 0 Å². The minimum atomic E-state index is -0.366. The maximum Gasteiger partial charge on any atom is 0.222 e. The summed E-state index contributed by atoms with van der Waals surface area (Å²) in [6.07, 6.45) is 1.70. The molecular weight excluding hydrogens is 152 g/mol. The highest BCUT2D eigenvalue weighted by Gasteiger charge is 1.87. The molecule has 0 unspecified atom stereocenters. The Morgan fingerprint density at radius 1 is 1.42 bits per heavy atom. The summed E-state index contributed by atoms with van der Waals surface area (Å²) in [6, 6.07) is 9.40. The quantitative estimate of drug-likeness (QED) is 0.668. The fourth-order valence-corrected chi connectivity index (χ4v) is 0.755. The zero-order valence-electron chi connectivity index (χ0n) is 6.60. The normalized spacial score (nSPS) is 10.3. The Balaban J connectivity index is 2.52. The highest BCUT2D eigenvalue weighted by Crippen LogP contribution is 2.08. The Labute approximate surface area is 70.9 Å². The molecule has 1 aromatic carbocycles. The van der Waals surface area contributed by atoms with E-state index in [-0.39, 0.29) is 12.3 Å². The molecular formula is C9H10N2O. The molecule has 0 radical (unpaired) electrons. The van der Waals surface area contributed by atoms with Crippen molar-refractivity contribution in [3.05, 3.63) is 30.3 Å². The van der Waals surface area contributed by atoms with Crippen LogP contribution in [0.15, 0.2) is 35.3 Å². The number of para-hydroxylation sites is 1. The van der Waals surface area contributed by atoms with Gasteiger partial charge in [-0.15, -0.1) is 0 Å². The Kier molecular flexibility index (Phi) is 3.02. The van der Waals surface area contributed by atoms with Crippen LogP contribution in [0.25, 0.3) is 0 Å². The third kappa shape index (κ3) is 2.96. The molecule has 1 rings (SSSR count). The van der Waals surface area contributed by atoms with E-state index in [9.17, 15) is 4.79 Å². The van der Waals surface area contributed by atoms with E-state index in [1.54, 1.807) is 0 Å². The van der Waals surface area contributed by atoms with E-state index in [0.717, 1.165) is 5.69 Å². The molecule has 0 heterocycles. The van der Waals surface area contributed by atoms with Gasteiger partial charge >= 0.3 is 0 Å². The van der Waals surface area contributed by atoms with Gasteiger partial charge in [0.2, 0.25) is 5.91 Å². The first kappa shape index (κ1) is 8.46. The SMILES string of the molecule is NC(=O)CC=Nc1ccccc1. The van der Waals surface area contributed by atoms with E-state index in [1.165, 1.54) is 6.21 Å². The van der Waals surface area contributed by atoms with Gasteiger partial charge < -0.3 is 5.73 Å². The third-order valence-electron chi connectivity index (χ3n) is 1.29. The molecule has 0 aliphatic rings. The Morgan fingerprint density at radius 3 is 2.67 bits per heavy atom. The Morgan fingerprint density at radius 2 is 2.08 bits per heavy atom. The van der Waals surface area contributed by atoms with Gasteiger partial charge in [-0.05, 0) is 12.1 Å². The van der Waals surface area contributed by atoms with E-state index in [1.807, 2.05) is 30.3 Å². The van der Waals surface area contributed by atoms with E-state index in [4.69, 9.17) is 5.73 Å². The maximum atomic E-state index is 10.3. The molecule has 2 N–H and O–H groups in total. The van der Waals surface area contributed by atoms with Gasteiger partial charge in [0.25, 0.3) is 0 Å². The number of hydrogen-bond acceptors (Lipinski definition) is 2. The smallest absolute Gasteiger partial charge is 0.222 e. The number of carbonyl (C=O) groups is 1. The van der Waals surface area contributed by atoms with Crippen LogP contribution in [0.2, 0.25) is 0 Å². The number of amides is 1. The second kappa shape index (κ2) is 4.28. The number of nitrogens with two attached hydrogens (primary N) is 1. The molecule has 0 fully saturated rings. The van der Waals surface area contributed by atoms with Crippen LogP contribution in [0, 0.1) is 0 Å². The zero-order valence-corrected chi connectivity index (χ0v) is 6.60. The fourth-order valence-electron chi connectivity index (χ4n) is 0.755. The molecule has 0 bridgehead atoms. The Hall–Kier alpha value is -1.64. The molecule has 0 spiro atoms. The van der Waals surface area contributed by atoms with Gasteiger partial charge in [0.05, 0.1) is 12.1 Å². The van der Waals surface area contributed by atoms with Crippen molar-refractivity contribution in [2.45, 2.75) is 6.42 Å². The first-order valence-electron chi connectivity index (χ1n) is 3.65. The third-order valence-corrected chi connectivity index (χ3v) is 1.29. The van der Waals surface area contributed by atoms with Crippen molar-refractivity contribution in [1.29, 1.82) is 0 Å². The van der Waals surface area contributed by atoms with Crippen LogP contribution in [0.4, 0.5) is 5.69 Å². The van der Waals surface area contributed by atoms with Crippen LogP contribution in [0.1, 0.15) is 6.42 Å². The molecule has 0 aromatic heterocycles. The molecule has 62 valence electrons. The van der Waals surface area contributed by atoms with Gasteiger partial charge in [0.15, 0.2) is 0 Å². The lowest BCUT2D eigenvalue weighted by atomic mass is 10.3. The van der Waals surface area contributed by atoms with E-state index in [0.29, 0.717) is 0 Å². The molecule has 3 nitrogen and oxygen atoms in total. The average molecular weight is 162 g/mol. The minimum Gasteiger partial charge on any atom is -0.369 e. The molecule has 12 heavy (non-hydrogen) atoms. The molecule has 0 aliphatic carbocycles. The monoisotopic (exact) mass is 162 g/mol. The predicted octanol–water partition coefficient (Wildman–Crippen LogP) is 1.26. The molecule has 3 heteroatoms. The Bertz CT molecular complexity index is 280. The standard InChI is InChI=1S/C9H10N2O/c10-9(12)6-7-11-8-4-2-1-3-5-8/h1-5,7H,6H2,(H2,10,12). The van der Waals surface area contributed by atoms with Crippen LogP contribution in [-0.4, -0.2) is 12.1 Å². The summed E-state index contributed by atoms with van der Waals surface area (Å²) in [5.74, 6) is -0.366. The fraction of sp³-hybridized carbons (Fsp3) is 0.111. The molecule has 0 aliphatic heterocycles. The van der Waals surface area contributed by atoms with Crippen LogP contribution in [0.3, 0.4) is 0 Å². The van der Waals surface area contributed by atoms with Gasteiger partial charge in [-0.3, -0.25) is 9.79 Å². The molecule has 1 aromatic rings. The van der Waals surface area contributed by atoms with E-state index < -0.39 is 0 Å². The second-order valence-electron chi connectivity index (χ2n) is 2.32. The lowest BCUT2D eigenvalue weighted by molar-refractivity contribution is -0.116. The summed E-state index contributed by atoms with van der Waals surface area (Å²) in [7, 11) is 0. The topological polar surface area (TPSA) is 55.5 Å². The van der Waals surface area contributed by atoms with Crippen LogP contribution in [0.5, 0.6) is 0 Å². The van der Waals surface area contributed by atoms with Gasteiger partial charge in [-0.1, -0.05) is 18.2 Å². The van der Waals surface area contributed by atoms with Crippen molar-refractivity contribution in [2.24, 2.45) is 10.7 Å². The molecule has 0 saturated carbocycles. The van der Waals surface area contributed by atoms with Crippen molar-refractivity contribution < 1.29 is 4.79 Å². The van der Waals surface area contributed by atoms with Gasteiger partial charge in [-0.2, -0.15) is 0 Å². The predicted molar refractivity (Wildman–Crippen MR) is 48.4 cm³/mol. The van der Waals surface area contributed by atoms with Gasteiger partial charge in [0, 0.05) is 6.21 Å². The summed E-state index contributed by atoms with van der Waals surface area (Å²) >= 11 is 0. The van der Waals surface area contributed by atoms with Crippen LogP contribution >= 0.6 is 0 Å². The number of aliphatic imine (C=N–C) groups is 1. The first-order chi connectivity index (χ1) is 5.79. The summed E-state index contributed by atoms with van der Waals surface area (Å²) in [5, 5.41) is 0. The summed E-state index contributed by atoms with van der Waals surface area (Å²) in [4.78, 5) is 14.3. The van der Waals surface area contributed by atoms with E-state index >= 15 is 0 Å². The van der Waals surface area contributed by atoms with Gasteiger partial charge in [0.1, 0.15) is 0 Å². The van der Waals surface area contributed by atoms with Crippen LogP contribution < -0.4 is 5.73 Å². The first-order valence-corrected chi connectivity index (χ1v) is 3.65. The number of benzene rings is 1. The number of rotatable bonds is 3. The zero-order chi connectivity index (χ0) is 8.81. The second-order valence-corrected chi connectivity index (χ2v) is 2.32. The maximum absolute atomic E-state index is 10.3.